The third kappa shape index (κ3) is 2.84. The molecule has 0 fully saturated rings. The van der Waals surface area contributed by atoms with Crippen molar-refractivity contribution < 1.29 is 14.3 Å². The van der Waals surface area contributed by atoms with Crippen molar-refractivity contribution in [3.05, 3.63) is 51.7 Å². The molecule has 6 heteroatoms. The summed E-state index contributed by atoms with van der Waals surface area (Å²) in [7, 11) is 1.29. The van der Waals surface area contributed by atoms with E-state index < -0.39 is 5.97 Å². The fraction of sp³-hybridized carbons (Fsp3) is 0.200. The molecule has 2 aromatic rings. The van der Waals surface area contributed by atoms with Gasteiger partial charge >= 0.3 is 5.97 Å². The van der Waals surface area contributed by atoms with E-state index in [1.165, 1.54) is 18.9 Å². The second kappa shape index (κ2) is 6.37. The van der Waals surface area contributed by atoms with Crippen LogP contribution in [0.1, 0.15) is 32.0 Å². The number of methoxy groups -OCH3 is 1. The van der Waals surface area contributed by atoms with Gasteiger partial charge in [-0.1, -0.05) is 23.7 Å². The van der Waals surface area contributed by atoms with Crippen LogP contribution in [0.15, 0.2) is 29.3 Å². The van der Waals surface area contributed by atoms with E-state index in [-0.39, 0.29) is 11.3 Å². The Balaban J connectivity index is 2.65. The Kier molecular flexibility index (Phi) is 4.75. The minimum Gasteiger partial charge on any atom is -0.465 e. The van der Waals surface area contributed by atoms with Gasteiger partial charge in [-0.15, -0.1) is 11.8 Å². The van der Waals surface area contributed by atoms with E-state index in [0.717, 1.165) is 0 Å². The first-order chi connectivity index (χ1) is 10.0. The largest absolute Gasteiger partial charge is 0.465 e. The van der Waals surface area contributed by atoms with Gasteiger partial charge in [0.2, 0.25) is 0 Å². The standard InChI is InChI=1S/C15H14ClNO3S/c1-8-11(15(19)20-2)12(14(17-8)21-3)13(18)9-6-4-5-7-10(9)16/h4-7,17H,1-3H3. The predicted octanol–water partition coefficient (Wildman–Crippen LogP) is 3.72. The lowest BCUT2D eigenvalue weighted by molar-refractivity contribution is 0.0597. The summed E-state index contributed by atoms with van der Waals surface area (Å²) in [6.07, 6.45) is 1.83. The Labute approximate surface area is 131 Å². The number of ketones is 1. The van der Waals surface area contributed by atoms with Crippen LogP contribution >= 0.6 is 23.4 Å². The number of aromatic nitrogens is 1. The number of halogens is 1. The number of ether oxygens (including phenoxy) is 1. The Morgan fingerprint density at radius 1 is 1.24 bits per heavy atom. The van der Waals surface area contributed by atoms with Crippen LogP contribution in [0.5, 0.6) is 0 Å². The monoisotopic (exact) mass is 323 g/mol. The van der Waals surface area contributed by atoms with Gasteiger partial charge in [-0.25, -0.2) is 4.79 Å². The third-order valence-corrected chi connectivity index (χ3v) is 4.14. The van der Waals surface area contributed by atoms with Crippen molar-refractivity contribution in [2.24, 2.45) is 0 Å². The molecule has 1 N–H and O–H groups in total. The van der Waals surface area contributed by atoms with Gasteiger partial charge in [0.05, 0.1) is 28.3 Å². The topological polar surface area (TPSA) is 59.2 Å². The molecule has 2 rings (SSSR count). The van der Waals surface area contributed by atoms with E-state index in [1.807, 2.05) is 6.26 Å². The van der Waals surface area contributed by atoms with Crippen LogP contribution in [0.4, 0.5) is 0 Å². The smallest absolute Gasteiger partial charge is 0.340 e. The molecule has 0 aliphatic rings. The number of carbonyl (C=O) groups excluding carboxylic acids is 2. The van der Waals surface area contributed by atoms with E-state index in [9.17, 15) is 9.59 Å². The lowest BCUT2D eigenvalue weighted by atomic mass is 10.0. The number of rotatable bonds is 4. The molecule has 1 heterocycles. The Bertz CT molecular complexity index is 709. The number of aryl methyl sites for hydroxylation is 1. The first-order valence-electron chi connectivity index (χ1n) is 6.15. The van der Waals surface area contributed by atoms with Gasteiger partial charge in [0.15, 0.2) is 5.78 Å². The maximum absolute atomic E-state index is 12.8. The number of hydrogen-bond acceptors (Lipinski definition) is 4. The number of carbonyl (C=O) groups is 2. The van der Waals surface area contributed by atoms with Gasteiger partial charge in [-0.3, -0.25) is 4.79 Å². The second-order valence-corrected chi connectivity index (χ2v) is 5.56. The predicted molar refractivity (Wildman–Crippen MR) is 83.5 cm³/mol. The van der Waals surface area contributed by atoms with Crippen molar-refractivity contribution in [1.82, 2.24) is 4.98 Å². The van der Waals surface area contributed by atoms with Gasteiger partial charge in [-0.05, 0) is 25.3 Å². The molecule has 1 aromatic carbocycles. The minimum absolute atomic E-state index is 0.256. The second-order valence-electron chi connectivity index (χ2n) is 4.33. The molecule has 0 aliphatic heterocycles. The number of benzene rings is 1. The molecule has 0 amide bonds. The Morgan fingerprint density at radius 2 is 1.90 bits per heavy atom. The zero-order chi connectivity index (χ0) is 15.6. The zero-order valence-corrected chi connectivity index (χ0v) is 13.4. The molecule has 0 radical (unpaired) electrons. The van der Waals surface area contributed by atoms with Gasteiger partial charge in [0.1, 0.15) is 0 Å². The molecule has 0 atom stereocenters. The maximum Gasteiger partial charge on any atom is 0.340 e. The van der Waals surface area contributed by atoms with Gasteiger partial charge in [-0.2, -0.15) is 0 Å². The fourth-order valence-corrected chi connectivity index (χ4v) is 2.98. The summed E-state index contributed by atoms with van der Waals surface area (Å²) in [6.45, 7) is 1.73. The molecule has 110 valence electrons. The van der Waals surface area contributed by atoms with E-state index in [4.69, 9.17) is 16.3 Å². The Morgan fingerprint density at radius 3 is 2.48 bits per heavy atom. The van der Waals surface area contributed by atoms with Crippen molar-refractivity contribution in [1.29, 1.82) is 0 Å². The number of thioether (sulfide) groups is 1. The summed E-state index contributed by atoms with van der Waals surface area (Å²) in [6, 6.07) is 6.76. The van der Waals surface area contributed by atoms with Gasteiger partial charge in [0, 0.05) is 11.3 Å². The SMILES string of the molecule is COC(=O)c1c(C)[nH]c(SC)c1C(=O)c1ccccc1Cl. The molecule has 0 bridgehead atoms. The summed E-state index contributed by atoms with van der Waals surface area (Å²) in [5.74, 6) is -0.839. The fourth-order valence-electron chi connectivity index (χ4n) is 2.10. The average Bonchev–Trinajstić information content (AvgIpc) is 2.83. The maximum atomic E-state index is 12.8. The van der Waals surface area contributed by atoms with Gasteiger partial charge in [0.25, 0.3) is 0 Å². The summed E-state index contributed by atoms with van der Waals surface area (Å²) in [5.41, 5.74) is 1.52. The van der Waals surface area contributed by atoms with E-state index >= 15 is 0 Å². The minimum atomic E-state index is -0.542. The summed E-state index contributed by atoms with van der Waals surface area (Å²) >= 11 is 7.44. The molecule has 0 unspecified atom stereocenters. The quantitative estimate of drug-likeness (QED) is 0.529. The van der Waals surface area contributed by atoms with Crippen LogP contribution in [-0.2, 0) is 4.74 Å². The highest BCUT2D eigenvalue weighted by Gasteiger charge is 2.28. The van der Waals surface area contributed by atoms with Crippen molar-refractivity contribution in [3.63, 3.8) is 0 Å². The molecular weight excluding hydrogens is 310 g/mol. The van der Waals surface area contributed by atoms with Crippen molar-refractivity contribution in [3.8, 4) is 0 Å². The van der Waals surface area contributed by atoms with Crippen LogP contribution in [0.3, 0.4) is 0 Å². The van der Waals surface area contributed by atoms with E-state index in [0.29, 0.717) is 26.9 Å². The molecule has 1 aromatic heterocycles. The van der Waals surface area contributed by atoms with Crippen LogP contribution < -0.4 is 0 Å². The molecular formula is C15H14ClNO3S. The zero-order valence-electron chi connectivity index (χ0n) is 11.8. The number of H-pyrrole nitrogens is 1. The highest BCUT2D eigenvalue weighted by Crippen LogP contribution is 2.30. The lowest BCUT2D eigenvalue weighted by Crippen LogP contribution is -2.11. The van der Waals surface area contributed by atoms with Crippen LogP contribution in [0, 0.1) is 6.92 Å². The summed E-state index contributed by atoms with van der Waals surface area (Å²) < 4.78 is 4.78. The lowest BCUT2D eigenvalue weighted by Gasteiger charge is -2.06. The molecule has 21 heavy (non-hydrogen) atoms. The molecule has 0 spiro atoms. The first-order valence-corrected chi connectivity index (χ1v) is 7.75. The molecule has 0 saturated heterocycles. The summed E-state index contributed by atoms with van der Waals surface area (Å²) in [4.78, 5) is 27.8. The number of esters is 1. The normalized spacial score (nSPS) is 10.5. The van der Waals surface area contributed by atoms with Crippen molar-refractivity contribution in [2.75, 3.05) is 13.4 Å². The van der Waals surface area contributed by atoms with Crippen molar-refractivity contribution in [2.45, 2.75) is 11.9 Å². The molecule has 4 nitrogen and oxygen atoms in total. The highest BCUT2D eigenvalue weighted by atomic mass is 35.5. The molecule has 0 saturated carbocycles. The van der Waals surface area contributed by atoms with Crippen LogP contribution in [-0.4, -0.2) is 30.1 Å². The number of hydrogen-bond donors (Lipinski definition) is 1. The highest BCUT2D eigenvalue weighted by molar-refractivity contribution is 7.98. The van der Waals surface area contributed by atoms with E-state index in [1.54, 1.807) is 31.2 Å². The van der Waals surface area contributed by atoms with Crippen molar-refractivity contribution >= 4 is 35.1 Å². The third-order valence-electron chi connectivity index (χ3n) is 3.09. The average molecular weight is 324 g/mol. The summed E-state index contributed by atoms with van der Waals surface area (Å²) in [5, 5.41) is 0.974. The van der Waals surface area contributed by atoms with Crippen LogP contribution in [0.25, 0.3) is 0 Å². The number of nitrogens with one attached hydrogen (secondary N) is 1. The van der Waals surface area contributed by atoms with Gasteiger partial charge < -0.3 is 9.72 Å². The van der Waals surface area contributed by atoms with Crippen LogP contribution in [0.2, 0.25) is 5.02 Å². The molecule has 0 aliphatic carbocycles. The van der Waals surface area contributed by atoms with E-state index in [2.05, 4.69) is 4.98 Å². The first kappa shape index (κ1) is 15.7. The number of aromatic amines is 1. The Hall–Kier alpha value is -1.72.